The van der Waals surface area contributed by atoms with E-state index in [0.29, 0.717) is 57.8 Å². The van der Waals surface area contributed by atoms with Gasteiger partial charge in [-0.25, -0.2) is 4.98 Å². The molecule has 382 valence electrons. The first-order valence-electron chi connectivity index (χ1n) is 25.6. The van der Waals surface area contributed by atoms with E-state index in [9.17, 15) is 55.5 Å². The van der Waals surface area contributed by atoms with E-state index in [1.165, 1.54) is 0 Å². The van der Waals surface area contributed by atoms with Gasteiger partial charge in [0.25, 0.3) is 0 Å². The number of aromatic amines is 1. The average molecular weight is 957 g/mol. The lowest BCUT2D eigenvalue weighted by Crippen LogP contribution is -2.73. The van der Waals surface area contributed by atoms with Crippen LogP contribution in [0.15, 0.2) is 24.2 Å². The Kier molecular flexibility index (Phi) is 13.0. The number of hydrogen-bond donors (Lipinski definition) is 12. The number of rotatable bonds is 12. The summed E-state index contributed by atoms with van der Waals surface area (Å²) in [4.78, 5) is 35.9. The minimum absolute atomic E-state index is 0.0333. The molecule has 1 aromatic heterocycles. The van der Waals surface area contributed by atoms with Gasteiger partial charge in [-0.15, -0.1) is 0 Å². The summed E-state index contributed by atoms with van der Waals surface area (Å²) in [6, 6.07) is -0.439. The van der Waals surface area contributed by atoms with Gasteiger partial charge in [0.05, 0.1) is 43.3 Å². The summed E-state index contributed by atoms with van der Waals surface area (Å²) in [6.07, 6.45) is 2.22. The molecule has 1 aromatic rings. The number of H-pyrrole nitrogens is 1. The number of aromatic nitrogens is 2. The van der Waals surface area contributed by atoms with Crippen molar-refractivity contribution < 1.29 is 65.0 Å². The Labute approximate surface area is 399 Å². The minimum Gasteiger partial charge on any atom is -0.481 e. The van der Waals surface area contributed by atoms with E-state index in [1.54, 1.807) is 12.5 Å². The van der Waals surface area contributed by atoms with E-state index in [1.807, 2.05) is 13.8 Å². The number of fused-ring (bicyclic) bond motifs is 7. The summed E-state index contributed by atoms with van der Waals surface area (Å²) >= 11 is 0. The zero-order valence-corrected chi connectivity index (χ0v) is 40.6. The van der Waals surface area contributed by atoms with Crippen molar-refractivity contribution in [2.75, 3.05) is 19.8 Å². The SMILES string of the molecule is CC1(CO)CC(O)C2(C(=O)O)CCC3(C)C(=CCC4C5(C)C(CC6C(C(CCC(N)O)c7cnc[nH]7)NC(=O)C67CCCC7)C(O)C(OC6OCC(O)C(O)C6O)C(C)(CO)C5CCC43C)C2C1. The van der Waals surface area contributed by atoms with Crippen LogP contribution in [0, 0.1) is 67.5 Å². The highest BCUT2D eigenvalue weighted by molar-refractivity contribution is 5.86. The maximum Gasteiger partial charge on any atom is 0.312 e. The molecule has 1 amide bonds. The van der Waals surface area contributed by atoms with Crippen LogP contribution >= 0.6 is 0 Å². The fraction of sp³-hybridized carbons (Fsp3) is 0.863. The van der Waals surface area contributed by atoms with E-state index >= 15 is 0 Å². The fourth-order valence-electron chi connectivity index (χ4n) is 17.6. The van der Waals surface area contributed by atoms with Gasteiger partial charge in [0, 0.05) is 35.9 Å². The number of allylic oxidation sites excluding steroid dienone is 2. The normalized spacial score (nSPS) is 49.5. The molecule has 3 heterocycles. The van der Waals surface area contributed by atoms with Crippen LogP contribution in [0.25, 0.3) is 0 Å². The molecule has 8 aliphatic rings. The van der Waals surface area contributed by atoms with Crippen molar-refractivity contribution in [1.82, 2.24) is 15.3 Å². The van der Waals surface area contributed by atoms with Gasteiger partial charge in [0.1, 0.15) is 30.0 Å². The number of nitrogens with one attached hydrogen (secondary N) is 2. The molecule has 2 saturated heterocycles. The lowest BCUT2D eigenvalue weighted by Gasteiger charge is -2.73. The molecule has 5 saturated carbocycles. The topological polar surface area (TPSA) is 301 Å². The lowest BCUT2D eigenvalue weighted by molar-refractivity contribution is -0.340. The number of aliphatic carboxylic acids is 1. The van der Waals surface area contributed by atoms with Crippen molar-refractivity contribution in [3.63, 3.8) is 0 Å². The second kappa shape index (κ2) is 17.6. The van der Waals surface area contributed by atoms with Crippen LogP contribution in [0.2, 0.25) is 0 Å². The van der Waals surface area contributed by atoms with Crippen molar-refractivity contribution in [2.45, 2.75) is 186 Å². The van der Waals surface area contributed by atoms with Gasteiger partial charge in [0.2, 0.25) is 5.91 Å². The smallest absolute Gasteiger partial charge is 0.312 e. The number of nitrogens with two attached hydrogens (primary N) is 1. The zero-order valence-electron chi connectivity index (χ0n) is 40.6. The van der Waals surface area contributed by atoms with Crippen molar-refractivity contribution in [3.05, 3.63) is 29.9 Å². The van der Waals surface area contributed by atoms with Gasteiger partial charge in [-0.2, -0.15) is 0 Å². The average Bonchev–Trinajstić information content (AvgIpc) is 4.07. The largest absolute Gasteiger partial charge is 0.481 e. The third-order valence-electron chi connectivity index (χ3n) is 21.6. The summed E-state index contributed by atoms with van der Waals surface area (Å²) in [6.45, 7) is 9.79. The first-order chi connectivity index (χ1) is 32.0. The molecule has 1 spiro atoms. The molecular weight excluding hydrogens is 877 g/mol. The standard InChI is InChI=1S/C51H80N4O13/c1-45(23-56)19-30-27-9-10-34-48(4,47(27,3)16-17-51(30,44(65)66)35(59)20-45)15-12-33-46(2,24-57)41(68-42-40(63)39(62)32(58)22-67-42)38(61)29(49(33,34)5)18-28-37(55-43(64)50(28)13-6-7-14-50)26(8-11-36(52)60)31-21-53-25-54-31/h9,21,25-26,28-30,32-42,56-63H,6-8,10-20,22-24,52H2,1-5H3,(H,53,54)(H,55,64)(H,65,66). The molecule has 2 aliphatic heterocycles. The molecular formula is C51H80N4O13. The van der Waals surface area contributed by atoms with Crippen molar-refractivity contribution in [2.24, 2.45) is 73.2 Å². The van der Waals surface area contributed by atoms with E-state index in [2.05, 4.69) is 42.1 Å². The number of hydrogen-bond acceptors (Lipinski definition) is 14. The highest BCUT2D eigenvalue weighted by atomic mass is 16.7. The van der Waals surface area contributed by atoms with E-state index in [0.717, 1.165) is 24.1 Å². The monoisotopic (exact) mass is 957 g/mol. The van der Waals surface area contributed by atoms with E-state index < -0.39 is 118 Å². The Morgan fingerprint density at radius 2 is 1.65 bits per heavy atom. The van der Waals surface area contributed by atoms with Gasteiger partial charge in [-0.3, -0.25) is 9.59 Å². The molecule has 7 fully saturated rings. The van der Waals surface area contributed by atoms with Crippen LogP contribution in [0.1, 0.15) is 136 Å². The summed E-state index contributed by atoms with van der Waals surface area (Å²) in [5.41, 5.74) is 2.00. The minimum atomic E-state index is -1.65. The quantitative estimate of drug-likeness (QED) is 0.0814. The summed E-state index contributed by atoms with van der Waals surface area (Å²) in [5, 5.41) is 105. The Balaban J connectivity index is 1.19. The summed E-state index contributed by atoms with van der Waals surface area (Å²) in [7, 11) is 0. The first-order valence-corrected chi connectivity index (χ1v) is 25.6. The highest BCUT2D eigenvalue weighted by Gasteiger charge is 2.75. The number of carboxylic acid groups (broad SMARTS) is 1. The number of carboxylic acids is 1. The number of ether oxygens (including phenoxy) is 2. The first kappa shape index (κ1) is 50.4. The van der Waals surface area contributed by atoms with Crippen LogP contribution in [-0.4, -0.2) is 143 Å². The van der Waals surface area contributed by atoms with Crippen LogP contribution in [0.3, 0.4) is 0 Å². The molecule has 9 rings (SSSR count). The molecule has 21 atom stereocenters. The molecule has 6 aliphatic carbocycles. The number of aliphatic hydroxyl groups is 8. The number of nitrogens with zero attached hydrogens (tertiary/aromatic N) is 1. The Morgan fingerprint density at radius 1 is 0.926 bits per heavy atom. The molecule has 21 unspecified atom stereocenters. The highest BCUT2D eigenvalue weighted by Crippen LogP contribution is 2.77. The third-order valence-corrected chi connectivity index (χ3v) is 21.6. The van der Waals surface area contributed by atoms with Crippen LogP contribution in [0.5, 0.6) is 0 Å². The van der Waals surface area contributed by atoms with Gasteiger partial charge >= 0.3 is 5.97 Å². The molecule has 13 N–H and O–H groups in total. The van der Waals surface area contributed by atoms with Crippen molar-refractivity contribution in [3.8, 4) is 0 Å². The number of amides is 1. The number of imidazole rings is 1. The summed E-state index contributed by atoms with van der Waals surface area (Å²) in [5.74, 6) is -3.24. The molecule has 0 radical (unpaired) electrons. The van der Waals surface area contributed by atoms with Gasteiger partial charge in [0.15, 0.2) is 6.29 Å². The van der Waals surface area contributed by atoms with E-state index in [-0.39, 0.29) is 62.1 Å². The van der Waals surface area contributed by atoms with E-state index in [4.69, 9.17) is 15.2 Å². The second-order valence-corrected chi connectivity index (χ2v) is 24.5. The maximum atomic E-state index is 14.7. The Morgan fingerprint density at radius 3 is 2.28 bits per heavy atom. The Bertz CT molecular complexity index is 2070. The molecule has 0 aromatic carbocycles. The number of carbonyl (C=O) groups excluding carboxylic acids is 1. The second-order valence-electron chi connectivity index (χ2n) is 24.5. The molecule has 17 heteroatoms. The van der Waals surface area contributed by atoms with Gasteiger partial charge in [-0.1, -0.05) is 59.1 Å². The maximum absolute atomic E-state index is 14.7. The number of carbonyl (C=O) groups is 2. The van der Waals surface area contributed by atoms with Crippen LogP contribution in [-0.2, 0) is 19.1 Å². The predicted molar refractivity (Wildman–Crippen MR) is 245 cm³/mol. The Hall–Kier alpha value is -2.55. The molecule has 0 bridgehead atoms. The lowest BCUT2D eigenvalue weighted by atomic mass is 9.31. The third kappa shape index (κ3) is 7.12. The zero-order chi connectivity index (χ0) is 49.1. The van der Waals surface area contributed by atoms with Crippen molar-refractivity contribution in [1.29, 1.82) is 0 Å². The number of aliphatic hydroxyl groups excluding tert-OH is 8. The summed E-state index contributed by atoms with van der Waals surface area (Å²) < 4.78 is 12.5. The van der Waals surface area contributed by atoms with Crippen molar-refractivity contribution >= 4 is 11.9 Å². The van der Waals surface area contributed by atoms with Crippen LogP contribution < -0.4 is 11.1 Å². The predicted octanol–water partition coefficient (Wildman–Crippen LogP) is 2.44. The van der Waals surface area contributed by atoms with Gasteiger partial charge in [-0.05, 0) is 128 Å². The van der Waals surface area contributed by atoms with Crippen LogP contribution in [0.4, 0.5) is 0 Å². The molecule has 17 nitrogen and oxygen atoms in total. The molecule has 68 heavy (non-hydrogen) atoms. The van der Waals surface area contributed by atoms with Gasteiger partial charge < -0.3 is 71.5 Å². The fourth-order valence-corrected chi connectivity index (χ4v) is 17.6.